The predicted octanol–water partition coefficient (Wildman–Crippen LogP) is 1.36. The highest BCUT2D eigenvalue weighted by molar-refractivity contribution is 5.79. The number of hydrogen-bond donors (Lipinski definition) is 2. The highest BCUT2D eigenvalue weighted by atomic mass is 16.2. The van der Waals surface area contributed by atoms with Crippen molar-refractivity contribution in [2.24, 2.45) is 5.92 Å². The van der Waals surface area contributed by atoms with Crippen LogP contribution in [0.1, 0.15) is 57.8 Å². The number of rotatable bonds is 5. The Morgan fingerprint density at radius 1 is 0.885 bits per heavy atom. The van der Waals surface area contributed by atoms with Gasteiger partial charge in [0.2, 0.25) is 11.8 Å². The third kappa shape index (κ3) is 5.43. The van der Waals surface area contributed by atoms with E-state index in [0.717, 1.165) is 58.3 Å². The number of carbonyl (C=O) groups excluding carboxylic acids is 2. The SMILES string of the molecule is CNC1CCCN(CC(=O)NC2CCN(C(=O)C3CCCCC3)CC2)C1. The second-order valence-electron chi connectivity index (χ2n) is 8.36. The number of carbonyl (C=O) groups is 2. The molecule has 1 saturated carbocycles. The fourth-order valence-corrected chi connectivity index (χ4v) is 4.76. The number of piperidine rings is 2. The summed E-state index contributed by atoms with van der Waals surface area (Å²) in [6, 6.07) is 0.730. The van der Waals surface area contributed by atoms with Gasteiger partial charge in [-0.1, -0.05) is 19.3 Å². The number of amides is 2. The van der Waals surface area contributed by atoms with Gasteiger partial charge in [0.25, 0.3) is 0 Å². The normalized spacial score (nSPS) is 26.7. The van der Waals surface area contributed by atoms with E-state index < -0.39 is 0 Å². The molecule has 0 aromatic rings. The van der Waals surface area contributed by atoms with Crippen molar-refractivity contribution in [3.05, 3.63) is 0 Å². The molecule has 3 aliphatic rings. The highest BCUT2D eigenvalue weighted by Gasteiger charge is 2.30. The molecule has 0 spiro atoms. The van der Waals surface area contributed by atoms with E-state index in [4.69, 9.17) is 0 Å². The van der Waals surface area contributed by atoms with Crippen molar-refractivity contribution < 1.29 is 9.59 Å². The van der Waals surface area contributed by atoms with Crippen LogP contribution < -0.4 is 10.6 Å². The monoisotopic (exact) mass is 364 g/mol. The van der Waals surface area contributed by atoms with Crippen molar-refractivity contribution in [2.45, 2.75) is 69.9 Å². The molecular weight excluding hydrogens is 328 g/mol. The molecule has 2 N–H and O–H groups in total. The molecule has 6 nitrogen and oxygen atoms in total. The molecule has 1 aliphatic carbocycles. The van der Waals surface area contributed by atoms with E-state index in [9.17, 15) is 9.59 Å². The van der Waals surface area contributed by atoms with Gasteiger partial charge in [-0.25, -0.2) is 0 Å². The molecule has 3 rings (SSSR count). The Balaban J connectivity index is 1.36. The summed E-state index contributed by atoms with van der Waals surface area (Å²) in [5.41, 5.74) is 0. The molecule has 1 unspecified atom stereocenters. The lowest BCUT2D eigenvalue weighted by Gasteiger charge is -2.36. The fraction of sp³-hybridized carbons (Fsp3) is 0.900. The molecule has 3 fully saturated rings. The summed E-state index contributed by atoms with van der Waals surface area (Å²) in [6.07, 6.45) is 9.96. The third-order valence-electron chi connectivity index (χ3n) is 6.41. The summed E-state index contributed by atoms with van der Waals surface area (Å²) < 4.78 is 0. The van der Waals surface area contributed by atoms with Crippen molar-refractivity contribution in [1.82, 2.24) is 20.4 Å². The first-order chi connectivity index (χ1) is 12.7. The fourth-order valence-electron chi connectivity index (χ4n) is 4.76. The van der Waals surface area contributed by atoms with Gasteiger partial charge in [-0.15, -0.1) is 0 Å². The van der Waals surface area contributed by atoms with E-state index in [2.05, 4.69) is 15.5 Å². The molecule has 2 aliphatic heterocycles. The minimum absolute atomic E-state index is 0.138. The Hall–Kier alpha value is -1.14. The second kappa shape index (κ2) is 9.70. The smallest absolute Gasteiger partial charge is 0.234 e. The largest absolute Gasteiger partial charge is 0.352 e. The average molecular weight is 365 g/mol. The summed E-state index contributed by atoms with van der Waals surface area (Å²) in [6.45, 7) is 4.06. The lowest BCUT2D eigenvalue weighted by atomic mass is 9.87. The van der Waals surface area contributed by atoms with Crippen molar-refractivity contribution >= 4 is 11.8 Å². The maximum Gasteiger partial charge on any atom is 0.234 e. The standard InChI is InChI=1S/C20H36N4O2/c1-21-18-8-5-11-23(14-18)15-19(25)22-17-9-12-24(13-10-17)20(26)16-6-3-2-4-7-16/h16-18,21H,2-15H2,1H3,(H,22,25). The van der Waals surface area contributed by atoms with Crippen LogP contribution in [-0.4, -0.2) is 73.5 Å². The van der Waals surface area contributed by atoms with Crippen molar-refractivity contribution in [3.63, 3.8) is 0 Å². The molecule has 2 saturated heterocycles. The summed E-state index contributed by atoms with van der Waals surface area (Å²) >= 11 is 0. The van der Waals surface area contributed by atoms with Gasteiger partial charge in [0.1, 0.15) is 0 Å². The molecule has 2 amide bonds. The van der Waals surface area contributed by atoms with Crippen LogP contribution in [0.5, 0.6) is 0 Å². The zero-order valence-corrected chi connectivity index (χ0v) is 16.3. The first-order valence-corrected chi connectivity index (χ1v) is 10.6. The van der Waals surface area contributed by atoms with Gasteiger partial charge in [-0.05, 0) is 52.1 Å². The molecule has 0 radical (unpaired) electrons. The maximum absolute atomic E-state index is 12.6. The van der Waals surface area contributed by atoms with Gasteiger partial charge < -0.3 is 15.5 Å². The Bertz CT molecular complexity index is 470. The van der Waals surface area contributed by atoms with Crippen molar-refractivity contribution in [3.8, 4) is 0 Å². The van der Waals surface area contributed by atoms with Gasteiger partial charge in [0.05, 0.1) is 6.54 Å². The second-order valence-corrected chi connectivity index (χ2v) is 8.36. The van der Waals surface area contributed by atoms with E-state index in [0.29, 0.717) is 18.5 Å². The molecule has 6 heteroatoms. The number of hydrogen-bond acceptors (Lipinski definition) is 4. The first-order valence-electron chi connectivity index (χ1n) is 10.6. The summed E-state index contributed by atoms with van der Waals surface area (Å²) in [4.78, 5) is 29.3. The average Bonchev–Trinajstić information content (AvgIpc) is 2.69. The Morgan fingerprint density at radius 3 is 2.31 bits per heavy atom. The molecule has 2 heterocycles. The lowest BCUT2D eigenvalue weighted by Crippen LogP contribution is -2.51. The number of nitrogens with zero attached hydrogens (tertiary/aromatic N) is 2. The van der Waals surface area contributed by atoms with Crippen LogP contribution in [0.25, 0.3) is 0 Å². The summed E-state index contributed by atoms with van der Waals surface area (Å²) in [5, 5.41) is 6.52. The Labute approximate surface area is 158 Å². The van der Waals surface area contributed by atoms with Crippen LogP contribution in [0.15, 0.2) is 0 Å². The molecule has 0 aromatic carbocycles. The number of likely N-dealkylation sites (N-methyl/N-ethyl adjacent to an activating group) is 1. The van der Waals surface area contributed by atoms with Gasteiger partial charge in [-0.3, -0.25) is 14.5 Å². The molecule has 1 atom stereocenters. The molecule has 0 bridgehead atoms. The van der Waals surface area contributed by atoms with Crippen LogP contribution in [0.4, 0.5) is 0 Å². The number of nitrogens with one attached hydrogen (secondary N) is 2. The van der Waals surface area contributed by atoms with Crippen LogP contribution in [0.2, 0.25) is 0 Å². The molecule has 0 aromatic heterocycles. The van der Waals surface area contributed by atoms with Crippen molar-refractivity contribution in [1.29, 1.82) is 0 Å². The quantitative estimate of drug-likeness (QED) is 0.773. The maximum atomic E-state index is 12.6. The van der Waals surface area contributed by atoms with Crippen LogP contribution in [-0.2, 0) is 9.59 Å². The predicted molar refractivity (Wildman–Crippen MR) is 103 cm³/mol. The van der Waals surface area contributed by atoms with Crippen LogP contribution in [0.3, 0.4) is 0 Å². The zero-order valence-electron chi connectivity index (χ0n) is 16.3. The minimum Gasteiger partial charge on any atom is -0.352 e. The minimum atomic E-state index is 0.138. The molecular formula is C20H36N4O2. The number of likely N-dealkylation sites (tertiary alicyclic amines) is 2. The summed E-state index contributed by atoms with van der Waals surface area (Å²) in [7, 11) is 2.00. The third-order valence-corrected chi connectivity index (χ3v) is 6.41. The van der Waals surface area contributed by atoms with Gasteiger partial charge in [0.15, 0.2) is 0 Å². The van der Waals surface area contributed by atoms with E-state index in [1.807, 2.05) is 11.9 Å². The first kappa shape index (κ1) is 19.6. The van der Waals surface area contributed by atoms with Gasteiger partial charge in [0, 0.05) is 37.6 Å². The van der Waals surface area contributed by atoms with E-state index in [-0.39, 0.29) is 17.9 Å². The van der Waals surface area contributed by atoms with E-state index in [1.54, 1.807) is 0 Å². The topological polar surface area (TPSA) is 64.7 Å². The highest BCUT2D eigenvalue weighted by Crippen LogP contribution is 2.26. The van der Waals surface area contributed by atoms with E-state index >= 15 is 0 Å². The van der Waals surface area contributed by atoms with Crippen LogP contribution >= 0.6 is 0 Å². The Morgan fingerprint density at radius 2 is 1.62 bits per heavy atom. The van der Waals surface area contributed by atoms with Gasteiger partial charge >= 0.3 is 0 Å². The lowest BCUT2D eigenvalue weighted by molar-refractivity contribution is -0.137. The Kier molecular flexibility index (Phi) is 7.32. The summed E-state index contributed by atoms with van der Waals surface area (Å²) in [5.74, 6) is 0.758. The zero-order chi connectivity index (χ0) is 18.4. The van der Waals surface area contributed by atoms with E-state index in [1.165, 1.54) is 25.7 Å². The molecule has 148 valence electrons. The van der Waals surface area contributed by atoms with Crippen LogP contribution in [0, 0.1) is 5.92 Å². The van der Waals surface area contributed by atoms with Crippen molar-refractivity contribution in [2.75, 3.05) is 39.8 Å². The van der Waals surface area contributed by atoms with Gasteiger partial charge in [-0.2, -0.15) is 0 Å². The molecule has 26 heavy (non-hydrogen) atoms.